The van der Waals surface area contributed by atoms with Gasteiger partial charge in [-0.05, 0) is 0 Å². The average Bonchev–Trinajstić information content (AvgIpc) is 2.21. The number of hydrogen-bond acceptors (Lipinski definition) is 0. The first-order valence-corrected chi connectivity index (χ1v) is 6.82. The molecule has 0 aromatic heterocycles. The van der Waals surface area contributed by atoms with Gasteiger partial charge in [0.2, 0.25) is 0 Å². The second-order valence-corrected chi connectivity index (χ2v) is 6.37. The van der Waals surface area contributed by atoms with Crippen molar-refractivity contribution in [2.75, 3.05) is 0 Å². The molecule has 0 saturated heterocycles. The minimum absolute atomic E-state index is 0. The van der Waals surface area contributed by atoms with Gasteiger partial charge >= 0.3 is 86.3 Å². The third-order valence-electron chi connectivity index (χ3n) is 1.93. The zero-order chi connectivity index (χ0) is 8.93. The van der Waals surface area contributed by atoms with Crippen molar-refractivity contribution in [2.24, 2.45) is 0 Å². The van der Waals surface area contributed by atoms with Crippen molar-refractivity contribution in [3.8, 4) is 0 Å². The van der Waals surface area contributed by atoms with Gasteiger partial charge in [-0.1, -0.05) is 0 Å². The first kappa shape index (κ1) is 8.66. The summed E-state index contributed by atoms with van der Waals surface area (Å²) in [5, 5.41) is 0. The molecule has 0 spiro atoms. The van der Waals surface area contributed by atoms with Crippen molar-refractivity contribution < 1.29 is 1.43 Å². The topological polar surface area (TPSA) is 0 Å². The second-order valence-electron chi connectivity index (χ2n) is 2.97. The second kappa shape index (κ2) is 4.35. The molecule has 0 heterocycles. The molecule has 0 amide bonds. The van der Waals surface area contributed by atoms with Gasteiger partial charge in [0.15, 0.2) is 0 Å². The zero-order valence-electron chi connectivity index (χ0n) is 8.35. The summed E-state index contributed by atoms with van der Waals surface area (Å²) in [5.41, 5.74) is 0. The average molecular weight is 225 g/mol. The normalized spacial score (nSPS) is 9.54. The van der Waals surface area contributed by atoms with E-state index in [-0.39, 0.29) is 1.43 Å². The molecule has 0 aliphatic rings. The third-order valence-corrected chi connectivity index (χ3v) is 4.95. The first-order chi connectivity index (χ1) is 6.45. The van der Waals surface area contributed by atoms with Crippen LogP contribution in [-0.2, 0) is 0 Å². The van der Waals surface area contributed by atoms with Gasteiger partial charge in [0.1, 0.15) is 0 Å². The maximum atomic E-state index is 2.23. The first-order valence-electron chi connectivity index (χ1n) is 4.40. The van der Waals surface area contributed by atoms with Crippen LogP contribution in [0.2, 0.25) is 0 Å². The van der Waals surface area contributed by atoms with E-state index in [1.165, 1.54) is 8.24 Å². The molecule has 0 bridgehead atoms. The van der Waals surface area contributed by atoms with Gasteiger partial charge in [-0.2, -0.15) is 0 Å². The van der Waals surface area contributed by atoms with Gasteiger partial charge in [-0.3, -0.25) is 0 Å². The van der Waals surface area contributed by atoms with Crippen LogP contribution in [0, 0.1) is 0 Å². The quantitative estimate of drug-likeness (QED) is 0.678. The Hall–Kier alpha value is -0.924. The Morgan fingerprint density at radius 2 is 1.00 bits per heavy atom. The van der Waals surface area contributed by atoms with Crippen LogP contribution < -0.4 is 8.24 Å². The standard InChI is InChI=1S/2C6H5.Ga.H/c2*1-2-4-6-5-3-1;;/h2*1-5H;;/q;;;-1. The molecule has 0 aliphatic heterocycles. The molecule has 0 saturated carbocycles. The van der Waals surface area contributed by atoms with Crippen LogP contribution in [0.5, 0.6) is 0 Å². The van der Waals surface area contributed by atoms with Crippen LogP contribution in [0.25, 0.3) is 0 Å². The molecule has 63 valence electrons. The van der Waals surface area contributed by atoms with Crippen molar-refractivity contribution in [3.63, 3.8) is 0 Å². The van der Waals surface area contributed by atoms with Crippen LogP contribution in [0.15, 0.2) is 60.7 Å². The Kier molecular flexibility index (Phi) is 2.90. The molecule has 1 heteroatoms. The third kappa shape index (κ3) is 2.51. The molecule has 2 aromatic carbocycles. The van der Waals surface area contributed by atoms with Crippen molar-refractivity contribution in [3.05, 3.63) is 60.7 Å². The molecule has 2 aromatic rings. The summed E-state index contributed by atoms with van der Waals surface area (Å²) in [7, 11) is 0. The minimum atomic E-state index is -0.392. The molecule has 0 fully saturated rings. The van der Waals surface area contributed by atoms with Crippen LogP contribution in [0.1, 0.15) is 1.43 Å². The SMILES string of the molecule is [H-].c1cc[c]([Ga][c]2ccccc2)cc1. The van der Waals surface area contributed by atoms with E-state index in [2.05, 4.69) is 60.7 Å². The zero-order valence-corrected chi connectivity index (χ0v) is 9.77. The van der Waals surface area contributed by atoms with E-state index in [9.17, 15) is 0 Å². The van der Waals surface area contributed by atoms with Gasteiger partial charge in [-0.15, -0.1) is 0 Å². The van der Waals surface area contributed by atoms with E-state index in [0.29, 0.717) is 0 Å². The predicted molar refractivity (Wildman–Crippen MR) is 59.0 cm³/mol. The van der Waals surface area contributed by atoms with Crippen LogP contribution >= 0.6 is 0 Å². The Labute approximate surface area is 87.9 Å². The molecule has 0 unspecified atom stereocenters. The Morgan fingerprint density at radius 3 is 1.38 bits per heavy atom. The van der Waals surface area contributed by atoms with Crippen molar-refractivity contribution in [1.82, 2.24) is 0 Å². The molecule has 2 rings (SSSR count). The van der Waals surface area contributed by atoms with Crippen LogP contribution in [0.3, 0.4) is 0 Å². The van der Waals surface area contributed by atoms with Crippen molar-refractivity contribution in [2.45, 2.75) is 0 Å². The van der Waals surface area contributed by atoms with Crippen molar-refractivity contribution >= 4 is 25.6 Å². The fourth-order valence-electron chi connectivity index (χ4n) is 1.29. The maximum absolute atomic E-state index is 2.23. The molecule has 13 heavy (non-hydrogen) atoms. The molecular formula is C12H11Ga-. The number of hydrogen-bond donors (Lipinski definition) is 0. The Morgan fingerprint density at radius 1 is 0.615 bits per heavy atom. The molecule has 1 radical (unpaired) electrons. The van der Waals surface area contributed by atoms with E-state index in [4.69, 9.17) is 0 Å². The van der Waals surface area contributed by atoms with E-state index >= 15 is 0 Å². The fraction of sp³-hybridized carbons (Fsp3) is 0. The molecular weight excluding hydrogens is 214 g/mol. The molecule has 0 atom stereocenters. The van der Waals surface area contributed by atoms with E-state index < -0.39 is 17.4 Å². The number of rotatable bonds is 2. The summed E-state index contributed by atoms with van der Waals surface area (Å²) in [4.78, 5) is 0. The summed E-state index contributed by atoms with van der Waals surface area (Å²) < 4.78 is 3.05. The summed E-state index contributed by atoms with van der Waals surface area (Å²) in [6, 6.07) is 21.5. The van der Waals surface area contributed by atoms with Crippen molar-refractivity contribution in [1.29, 1.82) is 0 Å². The predicted octanol–water partition coefficient (Wildman–Crippen LogP) is 1.45. The van der Waals surface area contributed by atoms with Gasteiger partial charge in [-0.25, -0.2) is 0 Å². The summed E-state index contributed by atoms with van der Waals surface area (Å²) >= 11 is -0.392. The van der Waals surface area contributed by atoms with E-state index in [1.807, 2.05) is 0 Å². The Balaban J connectivity index is 0.000000980. The van der Waals surface area contributed by atoms with E-state index in [0.717, 1.165) is 0 Å². The van der Waals surface area contributed by atoms with Gasteiger partial charge < -0.3 is 1.43 Å². The summed E-state index contributed by atoms with van der Waals surface area (Å²) in [6.45, 7) is 0. The van der Waals surface area contributed by atoms with Gasteiger partial charge in [0.25, 0.3) is 0 Å². The Bertz CT molecular complexity index is 321. The van der Waals surface area contributed by atoms with E-state index in [1.54, 1.807) is 0 Å². The summed E-state index contributed by atoms with van der Waals surface area (Å²) in [5.74, 6) is 0. The molecule has 0 N–H and O–H groups in total. The van der Waals surface area contributed by atoms with Crippen LogP contribution in [0.4, 0.5) is 0 Å². The van der Waals surface area contributed by atoms with Gasteiger partial charge in [0, 0.05) is 0 Å². The summed E-state index contributed by atoms with van der Waals surface area (Å²) in [6.07, 6.45) is 0. The fourth-order valence-corrected chi connectivity index (χ4v) is 3.84. The van der Waals surface area contributed by atoms with Gasteiger partial charge in [0.05, 0.1) is 0 Å². The molecule has 0 nitrogen and oxygen atoms in total. The monoisotopic (exact) mass is 224 g/mol. The number of benzene rings is 2. The van der Waals surface area contributed by atoms with Crippen LogP contribution in [-0.4, -0.2) is 17.4 Å². The molecule has 0 aliphatic carbocycles.